The molecule has 0 aromatic carbocycles. The summed E-state index contributed by atoms with van der Waals surface area (Å²) in [4.78, 5) is 47.0. The van der Waals surface area contributed by atoms with Crippen molar-refractivity contribution >= 4 is 35.5 Å². The number of rotatable bonds is 15. The number of nitrogens with one attached hydrogen (secondary N) is 2. The van der Waals surface area contributed by atoms with Crippen LogP contribution < -0.4 is 27.8 Å². The van der Waals surface area contributed by atoms with Gasteiger partial charge in [-0.2, -0.15) is 11.8 Å². The molecule has 0 fully saturated rings. The molecule has 0 radical (unpaired) electrons. The number of hydrogen-bond donors (Lipinski definition) is 6. The summed E-state index contributed by atoms with van der Waals surface area (Å²) in [5.41, 5.74) is 16.3. The smallest absolute Gasteiger partial charge is 0.326 e. The first-order chi connectivity index (χ1) is 12.7. The van der Waals surface area contributed by atoms with Crippen molar-refractivity contribution in [3.8, 4) is 0 Å². The standard InChI is InChI=1S/C16H31N5O5S/c1-27-9-7-10(18)14(23)20-11(5-6-13(19)22)15(24)21-12(16(25)26)4-2-3-8-17/h10-12H,2-9,17-18H2,1H3,(H2,19,22)(H,20,23)(H,21,24)(H,25,26). The van der Waals surface area contributed by atoms with Gasteiger partial charge in [0.25, 0.3) is 0 Å². The van der Waals surface area contributed by atoms with Gasteiger partial charge in [-0.3, -0.25) is 14.4 Å². The van der Waals surface area contributed by atoms with Crippen LogP contribution in [0, 0.1) is 0 Å². The third-order valence-electron chi connectivity index (χ3n) is 3.84. The van der Waals surface area contributed by atoms with Crippen LogP contribution in [0.25, 0.3) is 0 Å². The van der Waals surface area contributed by atoms with E-state index in [0.29, 0.717) is 31.6 Å². The average molecular weight is 406 g/mol. The number of thioether (sulfide) groups is 1. The van der Waals surface area contributed by atoms with Crippen molar-refractivity contribution in [2.75, 3.05) is 18.6 Å². The van der Waals surface area contributed by atoms with Crippen molar-refractivity contribution in [2.45, 2.75) is 56.7 Å². The molecule has 3 unspecified atom stereocenters. The zero-order valence-corrected chi connectivity index (χ0v) is 16.4. The Hall–Kier alpha value is -1.85. The number of hydrogen-bond acceptors (Lipinski definition) is 7. The molecule has 0 aromatic heterocycles. The lowest BCUT2D eigenvalue weighted by Crippen LogP contribution is -2.54. The zero-order valence-electron chi connectivity index (χ0n) is 15.6. The number of carboxylic acid groups (broad SMARTS) is 1. The number of unbranched alkanes of at least 4 members (excludes halogenated alkanes) is 1. The highest BCUT2D eigenvalue weighted by atomic mass is 32.2. The highest BCUT2D eigenvalue weighted by molar-refractivity contribution is 7.98. The molecule has 0 rings (SSSR count). The molecule has 10 nitrogen and oxygen atoms in total. The van der Waals surface area contributed by atoms with Crippen LogP contribution in [-0.4, -0.2) is 65.5 Å². The Bertz CT molecular complexity index is 506. The van der Waals surface area contributed by atoms with Crippen LogP contribution in [-0.2, 0) is 19.2 Å². The van der Waals surface area contributed by atoms with E-state index in [1.54, 1.807) is 0 Å². The van der Waals surface area contributed by atoms with Crippen LogP contribution in [0.4, 0.5) is 0 Å². The van der Waals surface area contributed by atoms with Crippen molar-refractivity contribution in [3.63, 3.8) is 0 Å². The van der Waals surface area contributed by atoms with E-state index >= 15 is 0 Å². The number of aliphatic carboxylic acids is 1. The number of carboxylic acids is 1. The molecule has 3 amide bonds. The third-order valence-corrected chi connectivity index (χ3v) is 4.49. The second kappa shape index (κ2) is 14.2. The molecule has 0 saturated carbocycles. The lowest BCUT2D eigenvalue weighted by atomic mass is 10.1. The molecular weight excluding hydrogens is 374 g/mol. The molecule has 0 aliphatic heterocycles. The summed E-state index contributed by atoms with van der Waals surface area (Å²) in [7, 11) is 0. The number of carbonyl (C=O) groups excluding carboxylic acids is 3. The highest BCUT2D eigenvalue weighted by Gasteiger charge is 2.27. The molecule has 0 saturated heterocycles. The summed E-state index contributed by atoms with van der Waals surface area (Å²) in [6.45, 7) is 0.422. The van der Waals surface area contributed by atoms with E-state index in [1.165, 1.54) is 11.8 Å². The van der Waals surface area contributed by atoms with Crippen LogP contribution >= 0.6 is 11.8 Å². The lowest BCUT2D eigenvalue weighted by Gasteiger charge is -2.22. The summed E-state index contributed by atoms with van der Waals surface area (Å²) < 4.78 is 0. The van der Waals surface area contributed by atoms with Crippen molar-refractivity contribution in [1.82, 2.24) is 10.6 Å². The van der Waals surface area contributed by atoms with Gasteiger partial charge in [-0.25, -0.2) is 4.79 Å². The van der Waals surface area contributed by atoms with Gasteiger partial charge in [0.05, 0.1) is 6.04 Å². The predicted octanol–water partition coefficient (Wildman–Crippen LogP) is -1.48. The number of carbonyl (C=O) groups is 4. The molecule has 3 atom stereocenters. The fourth-order valence-electron chi connectivity index (χ4n) is 2.23. The van der Waals surface area contributed by atoms with Crippen LogP contribution in [0.1, 0.15) is 38.5 Å². The number of nitrogens with two attached hydrogens (primary N) is 3. The topological polar surface area (TPSA) is 191 Å². The molecule has 0 spiro atoms. The van der Waals surface area contributed by atoms with Crippen molar-refractivity contribution < 1.29 is 24.3 Å². The molecule has 11 heteroatoms. The molecule has 9 N–H and O–H groups in total. The first-order valence-corrected chi connectivity index (χ1v) is 10.2. The van der Waals surface area contributed by atoms with Crippen LogP contribution in [0.15, 0.2) is 0 Å². The Balaban J connectivity index is 4.96. The first-order valence-electron chi connectivity index (χ1n) is 8.79. The minimum Gasteiger partial charge on any atom is -0.480 e. The third kappa shape index (κ3) is 11.5. The van der Waals surface area contributed by atoms with Gasteiger partial charge in [-0.15, -0.1) is 0 Å². The maximum absolute atomic E-state index is 12.5. The monoisotopic (exact) mass is 405 g/mol. The second-order valence-corrected chi connectivity index (χ2v) is 7.12. The van der Waals surface area contributed by atoms with E-state index in [4.69, 9.17) is 17.2 Å². The Morgan fingerprint density at radius 3 is 2.15 bits per heavy atom. The minimum atomic E-state index is -1.18. The van der Waals surface area contributed by atoms with E-state index in [2.05, 4.69) is 10.6 Å². The maximum Gasteiger partial charge on any atom is 0.326 e. The average Bonchev–Trinajstić information content (AvgIpc) is 2.61. The molecular formula is C16H31N5O5S. The SMILES string of the molecule is CSCCC(N)C(=O)NC(CCC(N)=O)C(=O)NC(CCCCN)C(=O)O. The molecule has 0 aromatic rings. The van der Waals surface area contributed by atoms with Gasteiger partial charge in [-0.1, -0.05) is 0 Å². The van der Waals surface area contributed by atoms with Gasteiger partial charge >= 0.3 is 5.97 Å². The van der Waals surface area contributed by atoms with Gasteiger partial charge < -0.3 is 32.9 Å². The molecule has 0 heterocycles. The summed E-state index contributed by atoms with van der Waals surface area (Å²) in [6.07, 6.45) is 3.50. The van der Waals surface area contributed by atoms with Crippen molar-refractivity contribution in [1.29, 1.82) is 0 Å². The largest absolute Gasteiger partial charge is 0.480 e. The number of amides is 3. The van der Waals surface area contributed by atoms with Crippen LogP contribution in [0.3, 0.4) is 0 Å². The number of primary amides is 1. The first kappa shape index (κ1) is 25.1. The van der Waals surface area contributed by atoms with E-state index in [9.17, 15) is 24.3 Å². The van der Waals surface area contributed by atoms with E-state index in [1.807, 2.05) is 6.26 Å². The van der Waals surface area contributed by atoms with Gasteiger partial charge in [0.1, 0.15) is 12.1 Å². The normalized spacial score (nSPS) is 14.0. The lowest BCUT2D eigenvalue weighted by molar-refractivity contribution is -0.142. The van der Waals surface area contributed by atoms with Gasteiger partial charge in [0.2, 0.25) is 17.7 Å². The second-order valence-electron chi connectivity index (χ2n) is 6.14. The summed E-state index contributed by atoms with van der Waals surface area (Å²) in [5.74, 6) is -2.37. The van der Waals surface area contributed by atoms with Gasteiger partial charge in [0, 0.05) is 6.42 Å². The van der Waals surface area contributed by atoms with E-state index < -0.39 is 41.8 Å². The highest BCUT2D eigenvalue weighted by Crippen LogP contribution is 2.05. The van der Waals surface area contributed by atoms with Crippen molar-refractivity contribution in [2.24, 2.45) is 17.2 Å². The summed E-state index contributed by atoms with van der Waals surface area (Å²) >= 11 is 1.53. The van der Waals surface area contributed by atoms with Crippen LogP contribution in [0.5, 0.6) is 0 Å². The van der Waals surface area contributed by atoms with E-state index in [0.717, 1.165) is 0 Å². The maximum atomic E-state index is 12.5. The molecule has 0 aliphatic rings. The summed E-state index contributed by atoms with van der Waals surface area (Å²) in [5, 5.41) is 14.1. The predicted molar refractivity (Wildman–Crippen MR) is 104 cm³/mol. The fraction of sp³-hybridized carbons (Fsp3) is 0.750. The summed E-state index contributed by atoms with van der Waals surface area (Å²) in [6, 6.07) is -3.01. The zero-order chi connectivity index (χ0) is 20.8. The quantitative estimate of drug-likeness (QED) is 0.178. The van der Waals surface area contributed by atoms with Gasteiger partial charge in [0.15, 0.2) is 0 Å². The molecule has 0 bridgehead atoms. The Labute approximate surface area is 163 Å². The van der Waals surface area contributed by atoms with Gasteiger partial charge in [-0.05, 0) is 50.7 Å². The van der Waals surface area contributed by atoms with E-state index in [-0.39, 0.29) is 19.3 Å². The Morgan fingerprint density at radius 2 is 1.63 bits per heavy atom. The van der Waals surface area contributed by atoms with Crippen LogP contribution in [0.2, 0.25) is 0 Å². The fourth-order valence-corrected chi connectivity index (χ4v) is 2.72. The van der Waals surface area contributed by atoms with Crippen molar-refractivity contribution in [3.05, 3.63) is 0 Å². The minimum absolute atomic E-state index is 0.0444. The molecule has 156 valence electrons. The molecule has 0 aliphatic carbocycles. The molecule has 27 heavy (non-hydrogen) atoms. The Morgan fingerprint density at radius 1 is 1.00 bits per heavy atom. The Kier molecular flexibility index (Phi) is 13.3.